The van der Waals surface area contributed by atoms with Crippen LogP contribution in [0.5, 0.6) is 0 Å². The third-order valence-corrected chi connectivity index (χ3v) is 2.15. The highest BCUT2D eigenvalue weighted by molar-refractivity contribution is 7.81. The van der Waals surface area contributed by atoms with Crippen LogP contribution in [0.2, 0.25) is 0 Å². The number of amidine groups is 1. The van der Waals surface area contributed by atoms with Crippen molar-refractivity contribution in [2.24, 2.45) is 10.7 Å². The van der Waals surface area contributed by atoms with Crippen molar-refractivity contribution in [1.29, 1.82) is 0 Å². The first-order valence-electron chi connectivity index (χ1n) is 3.93. The van der Waals surface area contributed by atoms with Crippen LogP contribution in [-0.2, 0) is 0 Å². The Hall–Kier alpha value is -1.48. The van der Waals surface area contributed by atoms with Crippen molar-refractivity contribution in [2.75, 3.05) is 0 Å². The maximum absolute atomic E-state index is 5.56. The molecule has 0 saturated heterocycles. The standard InChI is InChI=1S/C10H8N2S/c11-9-8(10(13)12-9)6-7-4-2-1-3-5-7/h1-6H,(H2,11,12,13)/b8-6+. The SMILES string of the molecule is NC1=NC(=S)/C1=C/c1ccccc1. The molecule has 2 rings (SSSR count). The summed E-state index contributed by atoms with van der Waals surface area (Å²) in [5.41, 5.74) is 7.53. The van der Waals surface area contributed by atoms with E-state index >= 15 is 0 Å². The molecule has 3 heteroatoms. The molecule has 1 aromatic carbocycles. The number of nitrogens with two attached hydrogens (primary N) is 1. The van der Waals surface area contributed by atoms with Crippen LogP contribution in [0, 0.1) is 0 Å². The number of hydrogen-bond donors (Lipinski definition) is 1. The summed E-state index contributed by atoms with van der Waals surface area (Å²) in [6.07, 6.45) is 1.95. The minimum Gasteiger partial charge on any atom is -0.383 e. The second-order valence-corrected chi connectivity index (χ2v) is 3.16. The summed E-state index contributed by atoms with van der Waals surface area (Å²) < 4.78 is 0. The number of rotatable bonds is 1. The molecule has 0 radical (unpaired) electrons. The van der Waals surface area contributed by atoms with Crippen molar-refractivity contribution in [3.8, 4) is 0 Å². The van der Waals surface area contributed by atoms with Gasteiger partial charge in [0.1, 0.15) is 10.8 Å². The third kappa shape index (κ3) is 1.51. The lowest BCUT2D eigenvalue weighted by Gasteiger charge is -2.13. The summed E-state index contributed by atoms with van der Waals surface area (Å²) in [6.45, 7) is 0. The van der Waals surface area contributed by atoms with Crippen LogP contribution in [0.1, 0.15) is 5.56 Å². The molecule has 0 spiro atoms. The highest BCUT2D eigenvalue weighted by atomic mass is 32.1. The Morgan fingerprint density at radius 3 is 2.46 bits per heavy atom. The molecule has 0 amide bonds. The van der Waals surface area contributed by atoms with Crippen molar-refractivity contribution in [1.82, 2.24) is 0 Å². The maximum atomic E-state index is 5.56. The van der Waals surface area contributed by atoms with E-state index in [-0.39, 0.29) is 0 Å². The van der Waals surface area contributed by atoms with Gasteiger partial charge < -0.3 is 5.73 Å². The van der Waals surface area contributed by atoms with Crippen LogP contribution in [-0.4, -0.2) is 10.8 Å². The molecule has 64 valence electrons. The van der Waals surface area contributed by atoms with Gasteiger partial charge in [-0.2, -0.15) is 0 Å². The molecule has 2 nitrogen and oxygen atoms in total. The van der Waals surface area contributed by atoms with E-state index in [1.165, 1.54) is 0 Å². The molecule has 2 N–H and O–H groups in total. The summed E-state index contributed by atoms with van der Waals surface area (Å²) in [7, 11) is 0. The molecule has 0 fully saturated rings. The molecular formula is C10H8N2S. The normalized spacial score (nSPS) is 18.3. The number of benzene rings is 1. The topological polar surface area (TPSA) is 38.4 Å². The monoisotopic (exact) mass is 188 g/mol. The molecular weight excluding hydrogens is 180 g/mol. The average molecular weight is 188 g/mol. The largest absolute Gasteiger partial charge is 0.383 e. The van der Waals surface area contributed by atoms with E-state index in [1.54, 1.807) is 0 Å². The van der Waals surface area contributed by atoms with Gasteiger partial charge in [0.15, 0.2) is 0 Å². The van der Waals surface area contributed by atoms with Crippen LogP contribution >= 0.6 is 12.2 Å². The molecule has 0 bridgehead atoms. The first-order chi connectivity index (χ1) is 6.27. The Morgan fingerprint density at radius 2 is 1.92 bits per heavy atom. The smallest absolute Gasteiger partial charge is 0.139 e. The Morgan fingerprint density at radius 1 is 1.23 bits per heavy atom. The molecule has 0 aliphatic carbocycles. The highest BCUT2D eigenvalue weighted by Crippen LogP contribution is 2.15. The zero-order valence-electron chi connectivity index (χ0n) is 6.90. The first kappa shape index (κ1) is 8.13. The Bertz CT molecular complexity index is 404. The minimum atomic E-state index is 0.536. The first-order valence-corrected chi connectivity index (χ1v) is 4.34. The van der Waals surface area contributed by atoms with Crippen molar-refractivity contribution in [3.63, 3.8) is 0 Å². The van der Waals surface area contributed by atoms with Crippen molar-refractivity contribution < 1.29 is 0 Å². The van der Waals surface area contributed by atoms with Gasteiger partial charge in [-0.25, -0.2) is 4.99 Å². The predicted octanol–water partition coefficient (Wildman–Crippen LogP) is 1.77. The number of hydrogen-bond acceptors (Lipinski definition) is 2. The van der Waals surface area contributed by atoms with Crippen LogP contribution in [0.3, 0.4) is 0 Å². The van der Waals surface area contributed by atoms with Gasteiger partial charge in [0, 0.05) is 0 Å². The van der Waals surface area contributed by atoms with Gasteiger partial charge >= 0.3 is 0 Å². The number of nitrogens with zero attached hydrogens (tertiary/aromatic N) is 1. The van der Waals surface area contributed by atoms with Crippen molar-refractivity contribution in [2.45, 2.75) is 0 Å². The number of thiocarbonyl (C=S) groups is 1. The van der Waals surface area contributed by atoms with Gasteiger partial charge in [-0.05, 0) is 11.6 Å². The fourth-order valence-corrected chi connectivity index (χ4v) is 1.40. The van der Waals surface area contributed by atoms with E-state index in [2.05, 4.69) is 4.99 Å². The molecule has 1 aromatic rings. The average Bonchev–Trinajstić information content (AvgIpc) is 2.16. The molecule has 1 heterocycles. The van der Waals surface area contributed by atoms with E-state index in [0.29, 0.717) is 10.8 Å². The Labute approximate surface area is 81.8 Å². The minimum absolute atomic E-state index is 0.536. The predicted molar refractivity (Wildman–Crippen MR) is 58.6 cm³/mol. The number of aliphatic imine (C=N–C) groups is 1. The van der Waals surface area contributed by atoms with Gasteiger partial charge in [0.25, 0.3) is 0 Å². The van der Waals surface area contributed by atoms with Gasteiger partial charge in [-0.15, -0.1) is 0 Å². The molecule has 0 saturated carbocycles. The fraction of sp³-hybridized carbons (Fsp3) is 0. The van der Waals surface area contributed by atoms with Gasteiger partial charge in [0.2, 0.25) is 0 Å². The van der Waals surface area contributed by atoms with Crippen LogP contribution in [0.15, 0.2) is 40.9 Å². The summed E-state index contributed by atoms with van der Waals surface area (Å²) in [4.78, 5) is 4.46. The molecule has 0 unspecified atom stereocenters. The second-order valence-electron chi connectivity index (χ2n) is 2.77. The third-order valence-electron chi connectivity index (χ3n) is 1.84. The quantitative estimate of drug-likeness (QED) is 0.539. The van der Waals surface area contributed by atoms with Crippen LogP contribution < -0.4 is 5.73 Å². The van der Waals surface area contributed by atoms with E-state index < -0.39 is 0 Å². The summed E-state index contributed by atoms with van der Waals surface area (Å²) in [5, 5.41) is 0. The zero-order valence-corrected chi connectivity index (χ0v) is 7.71. The van der Waals surface area contributed by atoms with Gasteiger partial charge in [0.05, 0.1) is 5.57 Å². The van der Waals surface area contributed by atoms with Crippen LogP contribution in [0.25, 0.3) is 6.08 Å². The van der Waals surface area contributed by atoms with E-state index in [9.17, 15) is 0 Å². The summed E-state index contributed by atoms with van der Waals surface area (Å²) in [6, 6.07) is 9.92. The van der Waals surface area contributed by atoms with Gasteiger partial charge in [-0.3, -0.25) is 0 Å². The second kappa shape index (κ2) is 3.11. The molecule has 0 aromatic heterocycles. The summed E-state index contributed by atoms with van der Waals surface area (Å²) >= 11 is 4.95. The van der Waals surface area contributed by atoms with Crippen molar-refractivity contribution in [3.05, 3.63) is 41.5 Å². The Balaban J connectivity index is 2.33. The lowest BCUT2D eigenvalue weighted by molar-refractivity contribution is 1.51. The lowest BCUT2D eigenvalue weighted by Crippen LogP contribution is -2.29. The molecule has 1 aliphatic rings. The fourth-order valence-electron chi connectivity index (χ4n) is 1.14. The van der Waals surface area contributed by atoms with Crippen molar-refractivity contribution >= 4 is 29.1 Å². The van der Waals surface area contributed by atoms with E-state index in [4.69, 9.17) is 18.0 Å². The van der Waals surface area contributed by atoms with E-state index in [1.807, 2.05) is 36.4 Å². The van der Waals surface area contributed by atoms with Crippen LogP contribution in [0.4, 0.5) is 0 Å². The molecule has 1 aliphatic heterocycles. The summed E-state index contributed by atoms with van der Waals surface area (Å²) in [5.74, 6) is 0.536. The van der Waals surface area contributed by atoms with E-state index in [0.717, 1.165) is 11.1 Å². The maximum Gasteiger partial charge on any atom is 0.139 e. The molecule has 13 heavy (non-hydrogen) atoms. The molecule has 0 atom stereocenters. The van der Waals surface area contributed by atoms with Gasteiger partial charge in [-0.1, -0.05) is 42.5 Å². The lowest BCUT2D eigenvalue weighted by atomic mass is 10.1. The Kier molecular flexibility index (Phi) is 1.94. The zero-order chi connectivity index (χ0) is 9.26. The highest BCUT2D eigenvalue weighted by Gasteiger charge is 2.18.